The lowest BCUT2D eigenvalue weighted by atomic mass is 10.3. The quantitative estimate of drug-likeness (QED) is 0.590. The number of rotatable bonds is 5. The fourth-order valence-corrected chi connectivity index (χ4v) is 1.64. The largest absolute Gasteiger partial charge is 0.353 e. The first-order chi connectivity index (χ1) is 7.61. The third-order valence-corrected chi connectivity index (χ3v) is 2.90. The Bertz CT molecular complexity index is 405. The molecule has 1 heterocycles. The first kappa shape index (κ1) is 12.8. The SMILES string of the molecule is CC[C@@H](C)NC(=O)CSc1nccc(=O)[nH]1. The van der Waals surface area contributed by atoms with Crippen molar-refractivity contribution >= 4 is 17.7 Å². The summed E-state index contributed by atoms with van der Waals surface area (Å²) in [5.74, 6) is 0.211. The lowest BCUT2D eigenvalue weighted by Gasteiger charge is -2.10. The van der Waals surface area contributed by atoms with Crippen molar-refractivity contribution in [2.45, 2.75) is 31.5 Å². The first-order valence-corrected chi connectivity index (χ1v) is 6.08. The van der Waals surface area contributed by atoms with Crippen LogP contribution < -0.4 is 10.9 Å². The van der Waals surface area contributed by atoms with E-state index in [0.29, 0.717) is 5.16 Å². The summed E-state index contributed by atoms with van der Waals surface area (Å²) < 4.78 is 0. The maximum absolute atomic E-state index is 11.4. The minimum atomic E-state index is -0.208. The third-order valence-electron chi connectivity index (χ3n) is 2.01. The molecule has 0 saturated carbocycles. The van der Waals surface area contributed by atoms with Crippen molar-refractivity contribution in [2.75, 3.05) is 5.75 Å². The molecule has 88 valence electrons. The smallest absolute Gasteiger partial charge is 0.251 e. The summed E-state index contributed by atoms with van der Waals surface area (Å²) in [6.07, 6.45) is 2.32. The van der Waals surface area contributed by atoms with Gasteiger partial charge in [0, 0.05) is 18.3 Å². The number of aromatic amines is 1. The highest BCUT2D eigenvalue weighted by molar-refractivity contribution is 7.99. The van der Waals surface area contributed by atoms with E-state index in [4.69, 9.17) is 0 Å². The van der Waals surface area contributed by atoms with Gasteiger partial charge in [-0.05, 0) is 13.3 Å². The molecule has 0 aliphatic heterocycles. The second kappa shape index (κ2) is 6.32. The van der Waals surface area contributed by atoms with Crippen molar-refractivity contribution in [1.82, 2.24) is 15.3 Å². The molecule has 16 heavy (non-hydrogen) atoms. The lowest BCUT2D eigenvalue weighted by molar-refractivity contribution is -0.119. The van der Waals surface area contributed by atoms with Crippen LogP contribution in [-0.2, 0) is 4.79 Å². The van der Waals surface area contributed by atoms with E-state index in [1.54, 1.807) is 0 Å². The molecule has 0 spiro atoms. The van der Waals surface area contributed by atoms with Crippen molar-refractivity contribution in [1.29, 1.82) is 0 Å². The molecule has 2 N–H and O–H groups in total. The molecule has 1 aromatic heterocycles. The number of nitrogens with zero attached hydrogens (tertiary/aromatic N) is 1. The monoisotopic (exact) mass is 241 g/mol. The maximum atomic E-state index is 11.4. The van der Waals surface area contributed by atoms with Crippen molar-refractivity contribution in [3.8, 4) is 0 Å². The molecular formula is C10H15N3O2S. The van der Waals surface area contributed by atoms with Crippen LogP contribution in [0.2, 0.25) is 0 Å². The summed E-state index contributed by atoms with van der Waals surface area (Å²) in [6, 6.07) is 1.51. The van der Waals surface area contributed by atoms with Crippen molar-refractivity contribution in [2.24, 2.45) is 0 Å². The zero-order chi connectivity index (χ0) is 12.0. The van der Waals surface area contributed by atoms with Crippen molar-refractivity contribution in [3.63, 3.8) is 0 Å². The van der Waals surface area contributed by atoms with Gasteiger partial charge in [0.2, 0.25) is 5.91 Å². The molecule has 0 bridgehead atoms. The number of carbonyl (C=O) groups is 1. The molecule has 6 heteroatoms. The van der Waals surface area contributed by atoms with E-state index >= 15 is 0 Å². The van der Waals surface area contributed by atoms with E-state index in [1.165, 1.54) is 24.0 Å². The molecule has 1 atom stereocenters. The van der Waals surface area contributed by atoms with Gasteiger partial charge in [0.1, 0.15) is 0 Å². The number of carbonyl (C=O) groups excluding carboxylic acids is 1. The maximum Gasteiger partial charge on any atom is 0.251 e. The molecule has 0 unspecified atom stereocenters. The number of nitrogens with one attached hydrogen (secondary N) is 2. The number of hydrogen-bond donors (Lipinski definition) is 2. The number of amides is 1. The zero-order valence-corrected chi connectivity index (χ0v) is 10.1. The number of H-pyrrole nitrogens is 1. The van der Waals surface area contributed by atoms with Gasteiger partial charge >= 0.3 is 0 Å². The Morgan fingerprint density at radius 1 is 1.69 bits per heavy atom. The van der Waals surface area contributed by atoms with E-state index in [-0.39, 0.29) is 23.3 Å². The third kappa shape index (κ3) is 4.48. The predicted octanol–water partition coefficient (Wildman–Crippen LogP) is 0.777. The summed E-state index contributed by atoms with van der Waals surface area (Å²) in [5, 5.41) is 3.30. The van der Waals surface area contributed by atoms with Gasteiger partial charge in [0.05, 0.1) is 5.75 Å². The Labute approximate surface area is 98.1 Å². The summed E-state index contributed by atoms with van der Waals surface area (Å²) in [7, 11) is 0. The minimum absolute atomic E-state index is 0.0501. The molecule has 0 radical (unpaired) electrons. The van der Waals surface area contributed by atoms with E-state index in [0.717, 1.165) is 6.42 Å². The molecular weight excluding hydrogens is 226 g/mol. The van der Waals surface area contributed by atoms with Crippen LogP contribution in [0, 0.1) is 0 Å². The van der Waals surface area contributed by atoms with Gasteiger partial charge in [-0.3, -0.25) is 9.59 Å². The van der Waals surface area contributed by atoms with Gasteiger partial charge in [0.15, 0.2) is 5.16 Å². The molecule has 0 fully saturated rings. The molecule has 1 amide bonds. The van der Waals surface area contributed by atoms with Crippen LogP contribution in [0.5, 0.6) is 0 Å². The molecule has 1 rings (SSSR count). The average Bonchev–Trinajstić information content (AvgIpc) is 2.26. The summed E-state index contributed by atoms with van der Waals surface area (Å²) in [4.78, 5) is 28.9. The van der Waals surface area contributed by atoms with Gasteiger partial charge in [-0.25, -0.2) is 4.98 Å². The van der Waals surface area contributed by atoms with Gasteiger partial charge < -0.3 is 10.3 Å². The van der Waals surface area contributed by atoms with Gasteiger partial charge in [-0.15, -0.1) is 0 Å². The molecule has 1 aromatic rings. The predicted molar refractivity (Wildman–Crippen MR) is 63.5 cm³/mol. The van der Waals surface area contributed by atoms with Crippen LogP contribution in [0.3, 0.4) is 0 Å². The highest BCUT2D eigenvalue weighted by atomic mass is 32.2. The Morgan fingerprint density at radius 2 is 2.44 bits per heavy atom. The van der Waals surface area contributed by atoms with Crippen LogP contribution in [-0.4, -0.2) is 27.7 Å². The molecule has 5 nitrogen and oxygen atoms in total. The van der Waals surface area contributed by atoms with E-state index in [9.17, 15) is 9.59 Å². The fraction of sp³-hybridized carbons (Fsp3) is 0.500. The van der Waals surface area contributed by atoms with Crippen LogP contribution in [0.15, 0.2) is 22.2 Å². The molecule has 0 aliphatic carbocycles. The molecule has 0 saturated heterocycles. The second-order valence-electron chi connectivity index (χ2n) is 3.40. The Balaban J connectivity index is 2.40. The summed E-state index contributed by atoms with van der Waals surface area (Å²) in [6.45, 7) is 3.96. The van der Waals surface area contributed by atoms with Crippen LogP contribution in [0.4, 0.5) is 0 Å². The summed E-state index contributed by atoms with van der Waals surface area (Å²) >= 11 is 1.22. The van der Waals surface area contributed by atoms with Crippen LogP contribution in [0.1, 0.15) is 20.3 Å². The lowest BCUT2D eigenvalue weighted by Crippen LogP contribution is -2.33. The normalized spacial score (nSPS) is 12.1. The number of hydrogen-bond acceptors (Lipinski definition) is 4. The fourth-order valence-electron chi connectivity index (χ4n) is 0.978. The first-order valence-electron chi connectivity index (χ1n) is 5.09. The van der Waals surface area contributed by atoms with E-state index in [1.807, 2.05) is 13.8 Å². The van der Waals surface area contributed by atoms with Crippen LogP contribution >= 0.6 is 11.8 Å². The van der Waals surface area contributed by atoms with Crippen molar-refractivity contribution < 1.29 is 4.79 Å². The topological polar surface area (TPSA) is 74.8 Å². The average molecular weight is 241 g/mol. The Hall–Kier alpha value is -1.30. The Morgan fingerprint density at radius 3 is 3.06 bits per heavy atom. The standard InChI is InChI=1S/C10H15N3O2S/c1-3-7(2)12-9(15)6-16-10-11-5-4-8(14)13-10/h4-5,7H,3,6H2,1-2H3,(H,12,15)(H,11,13,14)/t7-/m1/s1. The van der Waals surface area contributed by atoms with Gasteiger partial charge in [-0.1, -0.05) is 18.7 Å². The molecule has 0 aliphatic rings. The highest BCUT2D eigenvalue weighted by Gasteiger charge is 2.06. The molecule has 0 aromatic carbocycles. The number of thioether (sulfide) groups is 1. The van der Waals surface area contributed by atoms with Crippen LogP contribution in [0.25, 0.3) is 0 Å². The highest BCUT2D eigenvalue weighted by Crippen LogP contribution is 2.09. The minimum Gasteiger partial charge on any atom is -0.353 e. The van der Waals surface area contributed by atoms with E-state index in [2.05, 4.69) is 15.3 Å². The van der Waals surface area contributed by atoms with Crippen molar-refractivity contribution in [3.05, 3.63) is 22.6 Å². The van der Waals surface area contributed by atoms with Gasteiger partial charge in [-0.2, -0.15) is 0 Å². The second-order valence-corrected chi connectivity index (χ2v) is 4.37. The van der Waals surface area contributed by atoms with Gasteiger partial charge in [0.25, 0.3) is 5.56 Å². The summed E-state index contributed by atoms with van der Waals surface area (Å²) in [5.41, 5.74) is -0.208. The van der Waals surface area contributed by atoms with E-state index < -0.39 is 0 Å². The zero-order valence-electron chi connectivity index (χ0n) is 9.32. The number of aromatic nitrogens is 2. The Kier molecular flexibility index (Phi) is 5.04.